The van der Waals surface area contributed by atoms with Gasteiger partial charge in [0, 0.05) is 0 Å². The van der Waals surface area contributed by atoms with E-state index in [0.717, 1.165) is 0 Å². The van der Waals surface area contributed by atoms with Gasteiger partial charge in [-0.15, -0.1) is 0 Å². The summed E-state index contributed by atoms with van der Waals surface area (Å²) in [6.07, 6.45) is 7.68. The van der Waals surface area contributed by atoms with Crippen LogP contribution >= 0.6 is 0 Å². The molecule has 0 N–H and O–H groups in total. The highest BCUT2D eigenvalue weighted by Crippen LogP contribution is 2.22. The van der Waals surface area contributed by atoms with Crippen LogP contribution in [0.3, 0.4) is 0 Å². The Labute approximate surface area is 70.0 Å². The van der Waals surface area contributed by atoms with Gasteiger partial charge in [0.1, 0.15) is 0 Å². The highest BCUT2D eigenvalue weighted by Gasteiger charge is 2.02. The first kappa shape index (κ1) is 8.58. The lowest BCUT2D eigenvalue weighted by Crippen LogP contribution is -1.91. The first-order chi connectivity index (χ1) is 5.22. The molecule has 0 unspecified atom stereocenters. The smallest absolute Gasteiger partial charge is 0.0317 e. The summed E-state index contributed by atoms with van der Waals surface area (Å²) in [6, 6.07) is 0. The summed E-state index contributed by atoms with van der Waals surface area (Å²) in [5.41, 5.74) is 4.59. The average molecular weight is 150 g/mol. The fourth-order valence-corrected chi connectivity index (χ4v) is 1.53. The first-order valence-electron chi connectivity index (χ1n) is 4.55. The van der Waals surface area contributed by atoms with E-state index in [0.29, 0.717) is 0 Å². The second-order valence-corrected chi connectivity index (χ2v) is 3.54. The monoisotopic (exact) mass is 150 g/mol. The van der Waals surface area contributed by atoms with Crippen molar-refractivity contribution in [2.75, 3.05) is 0 Å². The highest BCUT2D eigenvalue weighted by atomic mass is 14.1. The molecule has 1 aliphatic rings. The SMILES string of the molecule is CC1=C/CCCC/C(C)=C\1C. The molecule has 0 aromatic rings. The van der Waals surface area contributed by atoms with Gasteiger partial charge in [-0.25, -0.2) is 0 Å². The quantitative estimate of drug-likeness (QED) is 0.492. The molecule has 0 heteroatoms. The van der Waals surface area contributed by atoms with Crippen molar-refractivity contribution < 1.29 is 0 Å². The van der Waals surface area contributed by atoms with Gasteiger partial charge in [-0.2, -0.15) is 0 Å². The third-order valence-corrected chi connectivity index (χ3v) is 2.69. The number of hydrogen-bond acceptors (Lipinski definition) is 0. The van der Waals surface area contributed by atoms with Crippen LogP contribution in [0.25, 0.3) is 0 Å². The van der Waals surface area contributed by atoms with Gasteiger partial charge >= 0.3 is 0 Å². The molecule has 0 aliphatic heterocycles. The van der Waals surface area contributed by atoms with Crippen LogP contribution in [0, 0.1) is 0 Å². The Morgan fingerprint density at radius 1 is 1.09 bits per heavy atom. The third-order valence-electron chi connectivity index (χ3n) is 2.69. The highest BCUT2D eigenvalue weighted by molar-refractivity contribution is 5.31. The summed E-state index contributed by atoms with van der Waals surface area (Å²) in [4.78, 5) is 0. The van der Waals surface area contributed by atoms with Crippen molar-refractivity contribution in [1.29, 1.82) is 0 Å². The van der Waals surface area contributed by atoms with Gasteiger partial charge in [0.25, 0.3) is 0 Å². The molecule has 0 aromatic heterocycles. The molecule has 0 radical (unpaired) electrons. The lowest BCUT2D eigenvalue weighted by Gasteiger charge is -2.11. The van der Waals surface area contributed by atoms with Crippen molar-refractivity contribution in [3.05, 3.63) is 22.8 Å². The number of hydrogen-bond donors (Lipinski definition) is 0. The molecular weight excluding hydrogens is 132 g/mol. The largest absolute Gasteiger partial charge is 0.0813 e. The molecule has 0 amide bonds. The molecule has 0 saturated carbocycles. The molecular formula is C11H18. The minimum atomic E-state index is 1.27. The van der Waals surface area contributed by atoms with E-state index in [2.05, 4.69) is 26.8 Å². The zero-order valence-corrected chi connectivity index (χ0v) is 7.91. The molecule has 0 spiro atoms. The standard InChI is InChI=1S/C11H18/c1-9-7-5-4-6-8-10(2)11(9)3/h7H,4-6,8H2,1-3H3/b9-7-,11-10-. The van der Waals surface area contributed by atoms with Crippen LogP contribution in [-0.2, 0) is 0 Å². The van der Waals surface area contributed by atoms with Crippen LogP contribution in [0.2, 0.25) is 0 Å². The van der Waals surface area contributed by atoms with Gasteiger partial charge in [-0.05, 0) is 52.0 Å². The molecule has 0 fully saturated rings. The summed E-state index contributed by atoms with van der Waals surface area (Å²) >= 11 is 0. The Bertz CT molecular complexity index is 194. The number of allylic oxidation sites excluding steroid dienone is 4. The molecule has 11 heavy (non-hydrogen) atoms. The second kappa shape index (κ2) is 3.75. The van der Waals surface area contributed by atoms with Crippen LogP contribution in [0.5, 0.6) is 0 Å². The maximum absolute atomic E-state index is 2.37. The van der Waals surface area contributed by atoms with Crippen molar-refractivity contribution in [1.82, 2.24) is 0 Å². The van der Waals surface area contributed by atoms with Crippen LogP contribution < -0.4 is 0 Å². The van der Waals surface area contributed by atoms with E-state index in [1.54, 1.807) is 5.57 Å². The molecule has 1 rings (SSSR count). The maximum atomic E-state index is 2.37. The van der Waals surface area contributed by atoms with Gasteiger partial charge in [0.15, 0.2) is 0 Å². The van der Waals surface area contributed by atoms with E-state index < -0.39 is 0 Å². The lowest BCUT2D eigenvalue weighted by atomic mass is 9.95. The Balaban J connectivity index is 2.83. The van der Waals surface area contributed by atoms with E-state index in [-0.39, 0.29) is 0 Å². The summed E-state index contributed by atoms with van der Waals surface area (Å²) < 4.78 is 0. The van der Waals surface area contributed by atoms with Gasteiger partial charge in [0.2, 0.25) is 0 Å². The van der Waals surface area contributed by atoms with Crippen LogP contribution in [0.15, 0.2) is 22.8 Å². The predicted octanol–water partition coefficient (Wildman–Crippen LogP) is 3.84. The molecule has 0 bridgehead atoms. The predicted molar refractivity (Wildman–Crippen MR) is 50.6 cm³/mol. The van der Waals surface area contributed by atoms with Crippen molar-refractivity contribution in [3.8, 4) is 0 Å². The Hall–Kier alpha value is -0.520. The van der Waals surface area contributed by atoms with Crippen molar-refractivity contribution in [2.45, 2.75) is 46.5 Å². The molecule has 0 saturated heterocycles. The third kappa shape index (κ3) is 2.21. The lowest BCUT2D eigenvalue weighted by molar-refractivity contribution is 0.728. The van der Waals surface area contributed by atoms with E-state index >= 15 is 0 Å². The van der Waals surface area contributed by atoms with Gasteiger partial charge < -0.3 is 0 Å². The van der Waals surface area contributed by atoms with E-state index in [1.807, 2.05) is 0 Å². The summed E-state index contributed by atoms with van der Waals surface area (Å²) in [7, 11) is 0. The Morgan fingerprint density at radius 3 is 2.55 bits per heavy atom. The van der Waals surface area contributed by atoms with Crippen LogP contribution in [-0.4, -0.2) is 0 Å². The first-order valence-corrected chi connectivity index (χ1v) is 4.55. The van der Waals surface area contributed by atoms with Crippen molar-refractivity contribution in [2.24, 2.45) is 0 Å². The number of rotatable bonds is 0. The normalized spacial score (nSPS) is 32.1. The Kier molecular flexibility index (Phi) is 2.92. The van der Waals surface area contributed by atoms with Crippen LogP contribution in [0.4, 0.5) is 0 Å². The molecule has 0 nitrogen and oxygen atoms in total. The fourth-order valence-electron chi connectivity index (χ4n) is 1.53. The summed E-state index contributed by atoms with van der Waals surface area (Å²) in [5, 5.41) is 0. The van der Waals surface area contributed by atoms with Crippen LogP contribution in [0.1, 0.15) is 46.5 Å². The fraction of sp³-hybridized carbons (Fsp3) is 0.636. The maximum Gasteiger partial charge on any atom is -0.0317 e. The van der Waals surface area contributed by atoms with Gasteiger partial charge in [-0.3, -0.25) is 0 Å². The summed E-state index contributed by atoms with van der Waals surface area (Å²) in [5.74, 6) is 0. The van der Waals surface area contributed by atoms with E-state index in [1.165, 1.54) is 36.8 Å². The second-order valence-electron chi connectivity index (χ2n) is 3.54. The van der Waals surface area contributed by atoms with Gasteiger partial charge in [-0.1, -0.05) is 17.2 Å². The molecule has 0 heterocycles. The molecule has 62 valence electrons. The Morgan fingerprint density at radius 2 is 1.82 bits per heavy atom. The molecule has 0 atom stereocenters. The average Bonchev–Trinajstić information content (AvgIpc) is 2.00. The minimum absolute atomic E-state index is 1.27. The molecule has 0 aromatic carbocycles. The van der Waals surface area contributed by atoms with E-state index in [4.69, 9.17) is 0 Å². The summed E-state index contributed by atoms with van der Waals surface area (Å²) in [6.45, 7) is 6.73. The zero-order valence-electron chi connectivity index (χ0n) is 7.91. The van der Waals surface area contributed by atoms with Crippen molar-refractivity contribution >= 4 is 0 Å². The zero-order chi connectivity index (χ0) is 8.27. The van der Waals surface area contributed by atoms with Crippen molar-refractivity contribution in [3.63, 3.8) is 0 Å². The van der Waals surface area contributed by atoms with E-state index in [9.17, 15) is 0 Å². The van der Waals surface area contributed by atoms with Gasteiger partial charge in [0.05, 0.1) is 0 Å². The topological polar surface area (TPSA) is 0 Å². The molecule has 1 aliphatic carbocycles. The minimum Gasteiger partial charge on any atom is -0.0813 e.